The number of imide groups is 1. The summed E-state index contributed by atoms with van der Waals surface area (Å²) < 4.78 is 5.30. The van der Waals surface area contributed by atoms with Gasteiger partial charge in [-0.2, -0.15) is 0 Å². The normalized spacial score (nSPS) is 15.5. The lowest BCUT2D eigenvalue weighted by molar-refractivity contribution is -0.120. The van der Waals surface area contributed by atoms with Gasteiger partial charge in [0, 0.05) is 46.3 Å². The predicted molar refractivity (Wildman–Crippen MR) is 160 cm³/mol. The fraction of sp³-hybridized carbons (Fsp3) is 0.118. The van der Waals surface area contributed by atoms with Crippen molar-refractivity contribution in [2.75, 3.05) is 18.1 Å². The summed E-state index contributed by atoms with van der Waals surface area (Å²) in [6.07, 6.45) is 3.21. The summed E-state index contributed by atoms with van der Waals surface area (Å²) in [6, 6.07) is 18.7. The fourth-order valence-corrected chi connectivity index (χ4v) is 5.34. The molecule has 0 spiro atoms. The van der Waals surface area contributed by atoms with E-state index in [0.717, 1.165) is 17.1 Å². The topological polar surface area (TPSA) is 157 Å². The zero-order valence-electron chi connectivity index (χ0n) is 23.5. The van der Waals surface area contributed by atoms with Gasteiger partial charge in [-0.25, -0.2) is 14.7 Å². The second-order valence-corrected chi connectivity index (χ2v) is 10.3. The fourth-order valence-electron chi connectivity index (χ4n) is 5.34. The molecule has 0 fully saturated rings. The Kier molecular flexibility index (Phi) is 7.66. The molecule has 1 unspecified atom stereocenters. The van der Waals surface area contributed by atoms with Crippen LogP contribution >= 0.6 is 0 Å². The molecule has 1 aliphatic heterocycles. The highest BCUT2D eigenvalue weighted by atomic mass is 16.5. The first kappa shape index (κ1) is 29.0. The number of Topliss-reactive ketones (excluding diaryl/α,β-unsaturated/α-hetero) is 2. The average molecular weight is 602 g/mol. The van der Waals surface area contributed by atoms with E-state index < -0.39 is 41.2 Å². The summed E-state index contributed by atoms with van der Waals surface area (Å²) in [7, 11) is 0. The Labute approximate surface area is 255 Å². The monoisotopic (exact) mass is 601 g/mol. The van der Waals surface area contributed by atoms with E-state index in [2.05, 4.69) is 10.3 Å². The molecular weight excluding hydrogens is 578 g/mol. The zero-order chi connectivity index (χ0) is 31.7. The minimum atomic E-state index is -1.26. The van der Waals surface area contributed by atoms with Crippen LogP contribution in [0, 0.1) is 0 Å². The second-order valence-electron chi connectivity index (χ2n) is 10.3. The van der Waals surface area contributed by atoms with Crippen molar-refractivity contribution >= 4 is 58.1 Å². The van der Waals surface area contributed by atoms with Crippen LogP contribution in [0.25, 0.3) is 10.9 Å². The number of aromatic nitrogens is 1. The third-order valence-corrected chi connectivity index (χ3v) is 7.55. The van der Waals surface area contributed by atoms with Crippen LogP contribution in [-0.2, 0) is 14.3 Å². The third kappa shape index (κ3) is 5.31. The van der Waals surface area contributed by atoms with Crippen LogP contribution in [0.5, 0.6) is 0 Å². The van der Waals surface area contributed by atoms with E-state index in [1.165, 1.54) is 30.3 Å². The Morgan fingerprint density at radius 1 is 0.867 bits per heavy atom. The van der Waals surface area contributed by atoms with E-state index in [9.17, 15) is 33.6 Å². The minimum absolute atomic E-state index is 0.0259. The molecule has 3 amide bonds. The number of ketones is 2. The van der Waals surface area contributed by atoms with Gasteiger partial charge in [-0.15, -0.1) is 0 Å². The maximum absolute atomic E-state index is 13.5. The molecule has 45 heavy (non-hydrogen) atoms. The number of esters is 1. The number of hydrogen-bond donors (Lipinski definition) is 1. The Morgan fingerprint density at radius 2 is 1.62 bits per heavy atom. The molecule has 222 valence electrons. The highest BCUT2D eigenvalue weighted by molar-refractivity contribution is 6.31. The average Bonchev–Trinajstić information content (AvgIpc) is 3.52. The number of ether oxygens (including phenoxy) is 1. The molecule has 11 heteroatoms. The van der Waals surface area contributed by atoms with Crippen LogP contribution in [0.1, 0.15) is 69.8 Å². The standard InChI is InChI=1S/C34H23N3O8/c38-18-21-5-1-2-7-22(21)33(43)35-15-4-16-45-34(44)20-9-11-23-24(17-20)32(42)29(31(23)41)25-12-10-19-6-3-8-26(30(19)36-25)37-27(39)13-14-28(37)40/h1-3,5-14,17-18,29H,4,15-16H2,(H,35,43). The number of pyridine rings is 1. The van der Waals surface area contributed by atoms with Crippen molar-refractivity contribution in [3.63, 3.8) is 0 Å². The van der Waals surface area contributed by atoms with E-state index in [-0.39, 0.29) is 57.9 Å². The molecule has 1 atom stereocenters. The summed E-state index contributed by atoms with van der Waals surface area (Å²) >= 11 is 0. The van der Waals surface area contributed by atoms with Crippen molar-refractivity contribution in [1.29, 1.82) is 0 Å². The van der Waals surface area contributed by atoms with Gasteiger partial charge in [0.25, 0.3) is 17.7 Å². The molecule has 1 aliphatic carbocycles. The lowest BCUT2D eigenvalue weighted by atomic mass is 9.98. The van der Waals surface area contributed by atoms with Gasteiger partial charge in [-0.3, -0.25) is 28.8 Å². The van der Waals surface area contributed by atoms with Crippen LogP contribution in [0.3, 0.4) is 0 Å². The van der Waals surface area contributed by atoms with Crippen molar-refractivity contribution in [2.24, 2.45) is 0 Å². The first-order chi connectivity index (χ1) is 21.8. The first-order valence-corrected chi connectivity index (χ1v) is 14.0. The molecule has 0 saturated carbocycles. The van der Waals surface area contributed by atoms with E-state index >= 15 is 0 Å². The van der Waals surface area contributed by atoms with Crippen molar-refractivity contribution in [1.82, 2.24) is 10.3 Å². The van der Waals surface area contributed by atoms with Crippen molar-refractivity contribution in [3.8, 4) is 0 Å². The van der Waals surface area contributed by atoms with E-state index in [4.69, 9.17) is 4.74 Å². The van der Waals surface area contributed by atoms with Crippen molar-refractivity contribution in [2.45, 2.75) is 12.3 Å². The number of rotatable bonds is 9. The number of anilines is 1. The number of hydrogen-bond acceptors (Lipinski definition) is 9. The van der Waals surface area contributed by atoms with Crippen LogP contribution in [0.4, 0.5) is 5.69 Å². The summed E-state index contributed by atoms with van der Waals surface area (Å²) in [4.78, 5) is 93.2. The molecule has 1 aromatic heterocycles. The third-order valence-electron chi connectivity index (χ3n) is 7.55. The van der Waals surface area contributed by atoms with E-state index in [0.29, 0.717) is 18.1 Å². The van der Waals surface area contributed by atoms with Crippen LogP contribution in [0.15, 0.2) is 84.9 Å². The number of nitrogens with one attached hydrogen (secondary N) is 1. The molecule has 0 saturated heterocycles. The summed E-state index contributed by atoms with van der Waals surface area (Å²) in [5.74, 6) is -4.47. The maximum atomic E-state index is 13.5. The number of para-hydroxylation sites is 1. The van der Waals surface area contributed by atoms with Gasteiger partial charge in [-0.05, 0) is 42.8 Å². The molecule has 3 aromatic carbocycles. The Balaban J connectivity index is 1.13. The molecule has 6 rings (SSSR count). The van der Waals surface area contributed by atoms with Crippen LogP contribution < -0.4 is 10.2 Å². The summed E-state index contributed by atoms with van der Waals surface area (Å²) in [5.41, 5.74) is 1.46. The SMILES string of the molecule is O=Cc1ccccc1C(=O)NCCCOC(=O)c1ccc2c(c1)C(=O)C(c1ccc3cccc(N4C(=O)C=CC4=O)c3n1)C2=O. The van der Waals surface area contributed by atoms with Gasteiger partial charge in [-0.1, -0.05) is 36.4 Å². The number of aldehydes is 1. The summed E-state index contributed by atoms with van der Waals surface area (Å²) in [5, 5.41) is 3.28. The molecule has 2 aliphatic rings. The molecule has 2 heterocycles. The smallest absolute Gasteiger partial charge is 0.338 e. The molecule has 1 N–H and O–H groups in total. The second kappa shape index (κ2) is 11.9. The van der Waals surface area contributed by atoms with Crippen molar-refractivity contribution in [3.05, 3.63) is 118 Å². The number of fused-ring (bicyclic) bond motifs is 2. The highest BCUT2D eigenvalue weighted by Gasteiger charge is 2.41. The summed E-state index contributed by atoms with van der Waals surface area (Å²) in [6.45, 7) is 0.164. The van der Waals surface area contributed by atoms with Gasteiger partial charge in [0.05, 0.1) is 29.1 Å². The Hall–Kier alpha value is -6.10. The molecule has 0 bridgehead atoms. The lowest BCUT2D eigenvalue weighted by Gasteiger charge is -2.17. The Bertz CT molecular complexity index is 1980. The number of benzene rings is 3. The number of carbonyl (C=O) groups is 7. The lowest BCUT2D eigenvalue weighted by Crippen LogP contribution is -2.30. The molecule has 11 nitrogen and oxygen atoms in total. The Morgan fingerprint density at radius 3 is 2.40 bits per heavy atom. The van der Waals surface area contributed by atoms with Gasteiger partial charge in [0.1, 0.15) is 5.92 Å². The van der Waals surface area contributed by atoms with Gasteiger partial charge in [0.2, 0.25) is 0 Å². The molecule has 4 aromatic rings. The minimum Gasteiger partial charge on any atom is -0.462 e. The largest absolute Gasteiger partial charge is 0.462 e. The van der Waals surface area contributed by atoms with E-state index in [1.54, 1.807) is 42.5 Å². The van der Waals surface area contributed by atoms with Gasteiger partial charge in [0.15, 0.2) is 17.9 Å². The molecular formula is C34H23N3O8. The number of carbonyl (C=O) groups excluding carboxylic acids is 7. The zero-order valence-corrected chi connectivity index (χ0v) is 23.5. The van der Waals surface area contributed by atoms with Gasteiger partial charge < -0.3 is 10.1 Å². The quantitative estimate of drug-likeness (QED) is 0.0995. The van der Waals surface area contributed by atoms with Gasteiger partial charge >= 0.3 is 5.97 Å². The van der Waals surface area contributed by atoms with E-state index in [1.807, 2.05) is 0 Å². The molecule has 0 radical (unpaired) electrons. The number of amides is 3. The van der Waals surface area contributed by atoms with Crippen molar-refractivity contribution < 1.29 is 38.3 Å². The first-order valence-electron chi connectivity index (χ1n) is 14.0. The van der Waals surface area contributed by atoms with Crippen LogP contribution in [0.2, 0.25) is 0 Å². The predicted octanol–water partition coefficient (Wildman–Crippen LogP) is 3.62. The highest BCUT2D eigenvalue weighted by Crippen LogP contribution is 2.36. The number of nitrogens with zero attached hydrogens (tertiary/aromatic N) is 2. The van der Waals surface area contributed by atoms with Crippen LogP contribution in [-0.4, -0.2) is 59.7 Å². The maximum Gasteiger partial charge on any atom is 0.338 e.